The van der Waals surface area contributed by atoms with Crippen molar-refractivity contribution in [3.05, 3.63) is 63.3 Å². The smallest absolute Gasteiger partial charge is 0.254 e. The van der Waals surface area contributed by atoms with Crippen molar-refractivity contribution < 1.29 is 18.7 Å². The number of hydrogen-bond acceptors (Lipinski definition) is 4. The lowest BCUT2D eigenvalue weighted by atomic mass is 9.75. The highest BCUT2D eigenvalue weighted by molar-refractivity contribution is 5.79. The van der Waals surface area contributed by atoms with Gasteiger partial charge >= 0.3 is 0 Å². The Labute approximate surface area is 148 Å². The number of amides is 1. The lowest BCUT2D eigenvalue weighted by molar-refractivity contribution is -0.122. The number of nitrogens with zero attached hydrogens (tertiary/aromatic N) is 1. The molecule has 0 aliphatic heterocycles. The lowest BCUT2D eigenvalue weighted by Gasteiger charge is -2.38. The molecule has 0 radical (unpaired) electrons. The van der Waals surface area contributed by atoms with E-state index in [0.717, 1.165) is 12.1 Å². The molecule has 138 valence electrons. The zero-order valence-corrected chi connectivity index (χ0v) is 14.1. The zero-order valence-electron chi connectivity index (χ0n) is 14.1. The molecule has 0 bridgehead atoms. The van der Waals surface area contributed by atoms with Gasteiger partial charge in [0.15, 0.2) is 0 Å². The molecule has 26 heavy (non-hydrogen) atoms. The van der Waals surface area contributed by atoms with Gasteiger partial charge in [0.05, 0.1) is 18.6 Å². The van der Waals surface area contributed by atoms with Crippen LogP contribution in [0.5, 0.6) is 0 Å². The molecule has 3 rings (SSSR count). The molecule has 1 atom stereocenters. The summed E-state index contributed by atoms with van der Waals surface area (Å²) in [5, 5.41) is 12.3. The van der Waals surface area contributed by atoms with Crippen molar-refractivity contribution in [2.75, 3.05) is 0 Å². The minimum atomic E-state index is -0.758. The molecule has 0 saturated heterocycles. The van der Waals surface area contributed by atoms with E-state index in [-0.39, 0.29) is 23.5 Å². The number of hydrogen-bond donors (Lipinski definition) is 3. The first-order chi connectivity index (χ1) is 12.3. The Morgan fingerprint density at radius 1 is 1.42 bits per heavy atom. The Kier molecular flexibility index (Phi) is 5.13. The van der Waals surface area contributed by atoms with Gasteiger partial charge in [-0.1, -0.05) is 6.07 Å². The van der Waals surface area contributed by atoms with Crippen LogP contribution in [0, 0.1) is 24.5 Å². The van der Waals surface area contributed by atoms with Crippen LogP contribution in [0.3, 0.4) is 0 Å². The quantitative estimate of drug-likeness (QED) is 0.751. The van der Waals surface area contributed by atoms with Crippen molar-refractivity contribution in [1.82, 2.24) is 15.3 Å². The third-order valence-corrected chi connectivity index (χ3v) is 4.59. The van der Waals surface area contributed by atoms with E-state index in [1.165, 1.54) is 12.3 Å². The van der Waals surface area contributed by atoms with Gasteiger partial charge in [0.1, 0.15) is 17.5 Å². The van der Waals surface area contributed by atoms with E-state index >= 15 is 0 Å². The van der Waals surface area contributed by atoms with Crippen molar-refractivity contribution >= 4 is 5.91 Å². The molecule has 1 aromatic heterocycles. The molecule has 2 aromatic rings. The molecule has 1 aliphatic carbocycles. The van der Waals surface area contributed by atoms with Crippen LogP contribution < -0.4 is 10.9 Å². The summed E-state index contributed by atoms with van der Waals surface area (Å²) in [5.74, 6) is -1.66. The molecule has 1 saturated carbocycles. The second-order valence-electron chi connectivity index (χ2n) is 6.60. The average molecular weight is 363 g/mol. The molecule has 1 amide bonds. The van der Waals surface area contributed by atoms with Gasteiger partial charge in [-0.25, -0.2) is 13.8 Å². The maximum Gasteiger partial charge on any atom is 0.254 e. The number of benzene rings is 1. The first kappa shape index (κ1) is 18.2. The Bertz CT molecular complexity index is 878. The van der Waals surface area contributed by atoms with Gasteiger partial charge in [-0.2, -0.15) is 0 Å². The monoisotopic (exact) mass is 363 g/mol. The Morgan fingerprint density at radius 3 is 2.77 bits per heavy atom. The number of rotatable bonds is 5. The lowest BCUT2D eigenvalue weighted by Crippen LogP contribution is -2.42. The number of aromatic nitrogens is 2. The number of aromatic amines is 1. The second kappa shape index (κ2) is 7.33. The Morgan fingerprint density at radius 2 is 2.15 bits per heavy atom. The predicted octanol–water partition coefficient (Wildman–Crippen LogP) is 1.53. The third-order valence-electron chi connectivity index (χ3n) is 4.59. The van der Waals surface area contributed by atoms with E-state index < -0.39 is 35.2 Å². The van der Waals surface area contributed by atoms with Crippen LogP contribution in [0.15, 0.2) is 29.2 Å². The van der Waals surface area contributed by atoms with Crippen LogP contribution in [-0.2, 0) is 11.2 Å². The SMILES string of the molecule is Cc1ncc(CC(=O)N[C@H](c2ccc(F)cc2F)C2CC(O)C2)c(=O)[nH]1. The highest BCUT2D eigenvalue weighted by atomic mass is 19.1. The maximum absolute atomic E-state index is 14.2. The maximum atomic E-state index is 14.2. The van der Waals surface area contributed by atoms with Crippen LogP contribution in [-0.4, -0.2) is 27.1 Å². The Balaban J connectivity index is 1.79. The van der Waals surface area contributed by atoms with Gasteiger partial charge in [0.2, 0.25) is 5.91 Å². The number of aliphatic hydroxyl groups is 1. The van der Waals surface area contributed by atoms with Crippen LogP contribution in [0.1, 0.15) is 35.8 Å². The summed E-state index contributed by atoms with van der Waals surface area (Å²) >= 11 is 0. The summed E-state index contributed by atoms with van der Waals surface area (Å²) in [6.45, 7) is 1.63. The average Bonchev–Trinajstić information content (AvgIpc) is 2.53. The predicted molar refractivity (Wildman–Crippen MR) is 89.3 cm³/mol. The van der Waals surface area contributed by atoms with Crippen molar-refractivity contribution in [3.8, 4) is 0 Å². The number of halogens is 2. The second-order valence-corrected chi connectivity index (χ2v) is 6.60. The molecular formula is C18H19F2N3O3. The van der Waals surface area contributed by atoms with Crippen molar-refractivity contribution in [2.45, 2.75) is 38.3 Å². The summed E-state index contributed by atoms with van der Waals surface area (Å²) in [7, 11) is 0. The van der Waals surface area contributed by atoms with Crippen LogP contribution in [0.2, 0.25) is 0 Å². The number of H-pyrrole nitrogens is 1. The van der Waals surface area contributed by atoms with Gasteiger partial charge in [0.25, 0.3) is 5.56 Å². The van der Waals surface area contributed by atoms with Crippen LogP contribution in [0.25, 0.3) is 0 Å². The standard InChI is InChI=1S/C18H19F2N3O3/c1-9-21-8-11(18(26)22-9)6-16(25)23-17(10-4-13(24)5-10)14-3-2-12(19)7-15(14)20/h2-3,7-8,10,13,17,24H,4-6H2,1H3,(H,23,25)(H,21,22,26)/t10?,13?,17-/m0/s1. The molecule has 0 unspecified atom stereocenters. The topological polar surface area (TPSA) is 95.1 Å². The molecular weight excluding hydrogens is 344 g/mol. The minimum absolute atomic E-state index is 0.160. The first-order valence-corrected chi connectivity index (χ1v) is 8.30. The van der Waals surface area contributed by atoms with E-state index in [4.69, 9.17) is 0 Å². The molecule has 3 N–H and O–H groups in total. The minimum Gasteiger partial charge on any atom is -0.393 e. The van der Waals surface area contributed by atoms with E-state index in [1.54, 1.807) is 6.92 Å². The van der Waals surface area contributed by atoms with Crippen LogP contribution >= 0.6 is 0 Å². The Hall–Kier alpha value is -2.61. The van der Waals surface area contributed by atoms with Crippen molar-refractivity contribution in [1.29, 1.82) is 0 Å². The van der Waals surface area contributed by atoms with E-state index in [1.807, 2.05) is 0 Å². The normalized spacial score (nSPS) is 20.3. The van der Waals surface area contributed by atoms with Crippen molar-refractivity contribution in [3.63, 3.8) is 0 Å². The molecule has 0 spiro atoms. The molecule has 1 aromatic carbocycles. The number of carbonyl (C=O) groups excluding carboxylic acids is 1. The van der Waals surface area contributed by atoms with Gasteiger partial charge in [-0.15, -0.1) is 0 Å². The highest BCUT2D eigenvalue weighted by Gasteiger charge is 2.37. The summed E-state index contributed by atoms with van der Waals surface area (Å²) in [4.78, 5) is 30.7. The van der Waals surface area contributed by atoms with Crippen LogP contribution in [0.4, 0.5) is 8.78 Å². The zero-order chi connectivity index (χ0) is 18.8. The molecule has 1 fully saturated rings. The number of carbonyl (C=O) groups is 1. The summed E-state index contributed by atoms with van der Waals surface area (Å²) in [5.41, 5.74) is -0.0520. The molecule has 6 nitrogen and oxygen atoms in total. The largest absolute Gasteiger partial charge is 0.393 e. The fraction of sp³-hybridized carbons (Fsp3) is 0.389. The van der Waals surface area contributed by atoms with E-state index in [2.05, 4.69) is 15.3 Å². The van der Waals surface area contributed by atoms with Crippen molar-refractivity contribution in [2.24, 2.45) is 5.92 Å². The van der Waals surface area contributed by atoms with E-state index in [9.17, 15) is 23.5 Å². The van der Waals surface area contributed by atoms with Gasteiger partial charge < -0.3 is 15.4 Å². The number of aliphatic hydroxyl groups excluding tert-OH is 1. The molecule has 8 heteroatoms. The fourth-order valence-corrected chi connectivity index (χ4v) is 3.14. The molecule has 1 heterocycles. The third kappa shape index (κ3) is 3.96. The number of aryl methyl sites for hydroxylation is 1. The summed E-state index contributed by atoms with van der Waals surface area (Å²) in [6, 6.07) is 2.48. The summed E-state index contributed by atoms with van der Waals surface area (Å²) < 4.78 is 27.4. The van der Waals surface area contributed by atoms with Gasteiger partial charge in [-0.3, -0.25) is 9.59 Å². The van der Waals surface area contributed by atoms with Gasteiger partial charge in [-0.05, 0) is 31.7 Å². The highest BCUT2D eigenvalue weighted by Crippen LogP contribution is 2.39. The van der Waals surface area contributed by atoms with E-state index in [0.29, 0.717) is 18.7 Å². The number of nitrogens with one attached hydrogen (secondary N) is 2. The molecule has 1 aliphatic rings. The fourth-order valence-electron chi connectivity index (χ4n) is 3.14. The first-order valence-electron chi connectivity index (χ1n) is 8.30. The van der Waals surface area contributed by atoms with Gasteiger partial charge in [0, 0.05) is 23.4 Å². The summed E-state index contributed by atoms with van der Waals surface area (Å²) in [6.07, 6.45) is 1.45.